The number of carbonyl (C=O) groups excluding carboxylic acids is 1. The van der Waals surface area contributed by atoms with Gasteiger partial charge in [0.15, 0.2) is 0 Å². The van der Waals surface area contributed by atoms with E-state index in [0.717, 1.165) is 22.6 Å². The highest BCUT2D eigenvalue weighted by atomic mass is 16.1. The van der Waals surface area contributed by atoms with E-state index in [1.807, 2.05) is 51.1 Å². The lowest BCUT2D eigenvalue weighted by atomic mass is 10.2. The first-order valence-corrected chi connectivity index (χ1v) is 7.96. The minimum atomic E-state index is -0.138. The van der Waals surface area contributed by atoms with Gasteiger partial charge in [0.1, 0.15) is 5.82 Å². The van der Waals surface area contributed by atoms with Gasteiger partial charge in [-0.25, -0.2) is 4.98 Å². The number of hydrogen-bond donors (Lipinski definition) is 1. The number of amides is 1. The van der Waals surface area contributed by atoms with Gasteiger partial charge in [-0.2, -0.15) is 0 Å². The Balaban J connectivity index is 1.97. The molecule has 122 valence electrons. The average Bonchev–Trinajstić information content (AvgIpc) is 2.83. The summed E-state index contributed by atoms with van der Waals surface area (Å²) in [4.78, 5) is 16.9. The molecule has 0 atom stereocenters. The van der Waals surface area contributed by atoms with Gasteiger partial charge in [-0.15, -0.1) is 0 Å². The third-order valence-electron chi connectivity index (χ3n) is 4.19. The van der Waals surface area contributed by atoms with Gasteiger partial charge < -0.3 is 9.88 Å². The second-order valence-electron chi connectivity index (χ2n) is 6.08. The molecule has 0 aliphatic rings. The van der Waals surface area contributed by atoms with Gasteiger partial charge in [0.05, 0.1) is 5.56 Å². The van der Waals surface area contributed by atoms with E-state index in [1.54, 1.807) is 6.20 Å². The van der Waals surface area contributed by atoms with Gasteiger partial charge in [-0.1, -0.05) is 18.2 Å². The van der Waals surface area contributed by atoms with Crippen LogP contribution in [-0.2, 0) is 0 Å². The number of nitrogens with zero attached hydrogens (tertiary/aromatic N) is 2. The monoisotopic (exact) mass is 319 g/mol. The first-order chi connectivity index (χ1) is 11.5. The van der Waals surface area contributed by atoms with E-state index < -0.39 is 0 Å². The quantitative estimate of drug-likeness (QED) is 0.780. The Labute approximate surface area is 142 Å². The van der Waals surface area contributed by atoms with E-state index >= 15 is 0 Å². The predicted molar refractivity (Wildman–Crippen MR) is 96.9 cm³/mol. The SMILES string of the molecule is Cc1ccnc(NC(=O)c2cc(C)n(-c3ccccc3C)c2C)c1. The van der Waals surface area contributed by atoms with Crippen LogP contribution in [0.5, 0.6) is 0 Å². The van der Waals surface area contributed by atoms with Gasteiger partial charge >= 0.3 is 0 Å². The molecule has 24 heavy (non-hydrogen) atoms. The van der Waals surface area contributed by atoms with E-state index in [-0.39, 0.29) is 5.91 Å². The van der Waals surface area contributed by atoms with Gasteiger partial charge in [-0.05, 0) is 63.1 Å². The Kier molecular flexibility index (Phi) is 4.21. The molecule has 0 radical (unpaired) electrons. The number of hydrogen-bond acceptors (Lipinski definition) is 2. The van der Waals surface area contributed by atoms with Crippen molar-refractivity contribution in [2.75, 3.05) is 5.32 Å². The van der Waals surface area contributed by atoms with Crippen LogP contribution in [0.3, 0.4) is 0 Å². The van der Waals surface area contributed by atoms with Crippen molar-refractivity contribution in [1.82, 2.24) is 9.55 Å². The highest BCUT2D eigenvalue weighted by molar-refractivity contribution is 6.05. The molecule has 0 unspecified atom stereocenters. The van der Waals surface area contributed by atoms with Crippen molar-refractivity contribution in [2.45, 2.75) is 27.7 Å². The molecule has 0 saturated heterocycles. The van der Waals surface area contributed by atoms with Crippen LogP contribution in [0.25, 0.3) is 5.69 Å². The molecule has 0 saturated carbocycles. The Hall–Kier alpha value is -2.88. The number of carbonyl (C=O) groups is 1. The molecule has 0 spiro atoms. The molecular weight excluding hydrogens is 298 g/mol. The van der Waals surface area contributed by atoms with E-state index in [0.29, 0.717) is 11.4 Å². The maximum Gasteiger partial charge on any atom is 0.258 e. The predicted octanol–water partition coefficient (Wildman–Crippen LogP) is 4.36. The topological polar surface area (TPSA) is 46.9 Å². The summed E-state index contributed by atoms with van der Waals surface area (Å²) in [5, 5.41) is 2.88. The van der Waals surface area contributed by atoms with Crippen molar-refractivity contribution in [1.29, 1.82) is 0 Å². The van der Waals surface area contributed by atoms with Crippen molar-refractivity contribution in [3.63, 3.8) is 0 Å². The number of aromatic nitrogens is 2. The zero-order valence-corrected chi connectivity index (χ0v) is 14.4. The Morgan fingerprint density at radius 2 is 1.79 bits per heavy atom. The molecule has 0 fully saturated rings. The van der Waals surface area contributed by atoms with Crippen molar-refractivity contribution in [3.05, 3.63) is 76.7 Å². The Morgan fingerprint density at radius 3 is 2.50 bits per heavy atom. The molecule has 0 bridgehead atoms. The van der Waals surface area contributed by atoms with Crippen LogP contribution in [0.15, 0.2) is 48.7 Å². The molecule has 1 N–H and O–H groups in total. The standard InChI is InChI=1S/C20H21N3O/c1-13-9-10-21-19(11-13)22-20(24)17-12-15(3)23(16(17)4)18-8-6-5-7-14(18)2/h5-12H,1-4H3,(H,21,22,24). The number of para-hydroxylation sites is 1. The number of anilines is 1. The van der Waals surface area contributed by atoms with Crippen LogP contribution >= 0.6 is 0 Å². The van der Waals surface area contributed by atoms with Crippen molar-refractivity contribution < 1.29 is 4.79 Å². The van der Waals surface area contributed by atoms with Crippen LogP contribution in [0, 0.1) is 27.7 Å². The summed E-state index contributed by atoms with van der Waals surface area (Å²) >= 11 is 0. The molecule has 0 aliphatic carbocycles. The largest absolute Gasteiger partial charge is 0.317 e. The minimum Gasteiger partial charge on any atom is -0.317 e. The number of aryl methyl sites for hydroxylation is 3. The lowest BCUT2D eigenvalue weighted by Gasteiger charge is -2.12. The van der Waals surface area contributed by atoms with Crippen LogP contribution in [0.4, 0.5) is 5.82 Å². The van der Waals surface area contributed by atoms with Gasteiger partial charge in [0.25, 0.3) is 5.91 Å². The zero-order valence-electron chi connectivity index (χ0n) is 14.4. The minimum absolute atomic E-state index is 0.138. The molecular formula is C20H21N3O. The number of nitrogens with one attached hydrogen (secondary N) is 1. The first-order valence-electron chi connectivity index (χ1n) is 7.96. The van der Waals surface area contributed by atoms with Crippen LogP contribution in [-0.4, -0.2) is 15.5 Å². The molecule has 4 heteroatoms. The number of benzene rings is 1. The number of rotatable bonds is 3. The average molecular weight is 319 g/mol. The summed E-state index contributed by atoms with van der Waals surface area (Å²) in [5.74, 6) is 0.432. The molecule has 0 aliphatic heterocycles. The van der Waals surface area contributed by atoms with Crippen molar-refractivity contribution >= 4 is 11.7 Å². The van der Waals surface area contributed by atoms with Gasteiger partial charge in [-0.3, -0.25) is 4.79 Å². The Morgan fingerprint density at radius 1 is 1.04 bits per heavy atom. The van der Waals surface area contributed by atoms with E-state index in [1.165, 1.54) is 5.56 Å². The van der Waals surface area contributed by atoms with Gasteiger partial charge in [0.2, 0.25) is 0 Å². The summed E-state index contributed by atoms with van der Waals surface area (Å²) in [7, 11) is 0. The van der Waals surface area contributed by atoms with E-state index in [4.69, 9.17) is 0 Å². The maximum atomic E-state index is 12.7. The fourth-order valence-electron chi connectivity index (χ4n) is 2.97. The van der Waals surface area contributed by atoms with Gasteiger partial charge in [0, 0.05) is 23.3 Å². The van der Waals surface area contributed by atoms with E-state index in [9.17, 15) is 4.79 Å². The summed E-state index contributed by atoms with van der Waals surface area (Å²) in [5.41, 5.74) is 5.95. The third-order valence-corrected chi connectivity index (χ3v) is 4.19. The van der Waals surface area contributed by atoms with Crippen LogP contribution < -0.4 is 5.32 Å². The summed E-state index contributed by atoms with van der Waals surface area (Å²) in [6.07, 6.45) is 1.70. The highest BCUT2D eigenvalue weighted by Crippen LogP contribution is 2.23. The molecule has 3 aromatic rings. The fourth-order valence-corrected chi connectivity index (χ4v) is 2.97. The van der Waals surface area contributed by atoms with E-state index in [2.05, 4.69) is 33.9 Å². The molecule has 2 heterocycles. The second kappa shape index (κ2) is 6.32. The van der Waals surface area contributed by atoms with Crippen LogP contribution in [0.2, 0.25) is 0 Å². The molecule has 4 nitrogen and oxygen atoms in total. The smallest absolute Gasteiger partial charge is 0.258 e. The zero-order chi connectivity index (χ0) is 17.3. The fraction of sp³-hybridized carbons (Fsp3) is 0.200. The summed E-state index contributed by atoms with van der Waals surface area (Å²) in [6.45, 7) is 8.03. The second-order valence-corrected chi connectivity index (χ2v) is 6.08. The molecule has 3 rings (SSSR count). The lowest BCUT2D eigenvalue weighted by molar-refractivity contribution is 0.102. The highest BCUT2D eigenvalue weighted by Gasteiger charge is 2.17. The third kappa shape index (κ3) is 2.95. The molecule has 2 aromatic heterocycles. The molecule has 1 aromatic carbocycles. The Bertz CT molecular complexity index is 909. The lowest BCUT2D eigenvalue weighted by Crippen LogP contribution is -2.14. The normalized spacial score (nSPS) is 10.7. The maximum absolute atomic E-state index is 12.7. The number of pyridine rings is 1. The summed E-state index contributed by atoms with van der Waals surface area (Å²) in [6, 6.07) is 13.9. The molecule has 1 amide bonds. The van der Waals surface area contributed by atoms with Crippen molar-refractivity contribution in [3.8, 4) is 5.69 Å². The first kappa shape index (κ1) is 16.0. The summed E-state index contributed by atoms with van der Waals surface area (Å²) < 4.78 is 2.12. The van der Waals surface area contributed by atoms with Crippen molar-refractivity contribution in [2.24, 2.45) is 0 Å². The van der Waals surface area contributed by atoms with Crippen LogP contribution in [0.1, 0.15) is 32.9 Å².